The molecule has 6 nitrogen and oxygen atoms in total. The van der Waals surface area contributed by atoms with Crippen molar-refractivity contribution in [2.45, 2.75) is 65.4 Å². The standard InChI is InChI=1S/C24H30F3N3O3/c1-14(2)33-23(32)20-15(3)21(28-16(20)4)22(31)29-19-8-10-30(11-9-19)13-17-6-5-7-18(12-17)24(25,26)27/h5-7,12,14,19,28H,8-11,13H2,1-4H3,(H,29,31). The lowest BCUT2D eigenvalue weighted by Gasteiger charge is -2.32. The first-order chi connectivity index (χ1) is 15.5. The van der Waals surface area contributed by atoms with E-state index in [-0.39, 0.29) is 18.1 Å². The maximum atomic E-state index is 12.9. The van der Waals surface area contributed by atoms with Crippen molar-refractivity contribution in [2.24, 2.45) is 0 Å². The average molecular weight is 466 g/mol. The Kier molecular flexibility index (Phi) is 7.51. The lowest BCUT2D eigenvalue weighted by molar-refractivity contribution is -0.137. The van der Waals surface area contributed by atoms with Crippen molar-refractivity contribution < 1.29 is 27.5 Å². The highest BCUT2D eigenvalue weighted by atomic mass is 19.4. The number of carbonyl (C=O) groups is 2. The van der Waals surface area contributed by atoms with Crippen LogP contribution in [-0.2, 0) is 17.5 Å². The monoisotopic (exact) mass is 465 g/mol. The van der Waals surface area contributed by atoms with E-state index in [1.807, 2.05) is 0 Å². The molecular formula is C24H30F3N3O3. The van der Waals surface area contributed by atoms with Gasteiger partial charge in [0.2, 0.25) is 0 Å². The van der Waals surface area contributed by atoms with Crippen molar-refractivity contribution >= 4 is 11.9 Å². The summed E-state index contributed by atoms with van der Waals surface area (Å²) >= 11 is 0. The second-order valence-electron chi connectivity index (χ2n) is 8.80. The molecule has 0 aliphatic carbocycles. The number of hydrogen-bond acceptors (Lipinski definition) is 4. The molecule has 0 bridgehead atoms. The Bertz CT molecular complexity index is 1010. The van der Waals surface area contributed by atoms with Gasteiger partial charge in [0.1, 0.15) is 5.69 Å². The molecule has 0 saturated carbocycles. The number of nitrogens with one attached hydrogen (secondary N) is 2. The van der Waals surface area contributed by atoms with Gasteiger partial charge >= 0.3 is 12.1 Å². The van der Waals surface area contributed by atoms with Gasteiger partial charge in [0.05, 0.1) is 17.2 Å². The number of piperidine rings is 1. The van der Waals surface area contributed by atoms with Crippen LogP contribution in [0.3, 0.4) is 0 Å². The Labute approximate surface area is 191 Å². The van der Waals surface area contributed by atoms with Crippen molar-refractivity contribution in [3.05, 3.63) is 57.9 Å². The highest BCUT2D eigenvalue weighted by Crippen LogP contribution is 2.30. The number of ether oxygens (including phenoxy) is 1. The van der Waals surface area contributed by atoms with E-state index in [0.717, 1.165) is 6.07 Å². The number of alkyl halides is 3. The molecule has 1 aromatic heterocycles. The van der Waals surface area contributed by atoms with Gasteiger partial charge in [0, 0.05) is 31.4 Å². The summed E-state index contributed by atoms with van der Waals surface area (Å²) in [5.74, 6) is -0.742. The Morgan fingerprint density at radius 1 is 1.21 bits per heavy atom. The van der Waals surface area contributed by atoms with Crippen LogP contribution in [0.25, 0.3) is 0 Å². The molecule has 2 heterocycles. The second-order valence-corrected chi connectivity index (χ2v) is 8.80. The van der Waals surface area contributed by atoms with Gasteiger partial charge in [-0.25, -0.2) is 4.79 Å². The molecule has 1 amide bonds. The summed E-state index contributed by atoms with van der Waals surface area (Å²) in [6.45, 7) is 8.73. The van der Waals surface area contributed by atoms with Crippen molar-refractivity contribution in [3.8, 4) is 0 Å². The first-order valence-corrected chi connectivity index (χ1v) is 11.0. The van der Waals surface area contributed by atoms with Crippen LogP contribution in [0.15, 0.2) is 24.3 Å². The summed E-state index contributed by atoms with van der Waals surface area (Å²) in [6.07, 6.45) is -3.24. The van der Waals surface area contributed by atoms with E-state index in [1.54, 1.807) is 33.8 Å². The summed E-state index contributed by atoms with van der Waals surface area (Å²) in [5.41, 5.74) is 1.83. The van der Waals surface area contributed by atoms with Crippen molar-refractivity contribution in [1.29, 1.82) is 0 Å². The van der Waals surface area contributed by atoms with E-state index in [1.165, 1.54) is 12.1 Å². The number of halogens is 3. The number of aromatic nitrogens is 1. The molecule has 9 heteroatoms. The van der Waals surface area contributed by atoms with Gasteiger partial charge in [-0.3, -0.25) is 9.69 Å². The first-order valence-electron chi connectivity index (χ1n) is 11.0. The number of H-pyrrole nitrogens is 1. The minimum atomic E-state index is -4.35. The Morgan fingerprint density at radius 2 is 1.88 bits per heavy atom. The van der Waals surface area contributed by atoms with E-state index < -0.39 is 17.7 Å². The van der Waals surface area contributed by atoms with Crippen LogP contribution >= 0.6 is 0 Å². The summed E-state index contributed by atoms with van der Waals surface area (Å²) in [5, 5.41) is 3.01. The smallest absolute Gasteiger partial charge is 0.416 e. The fraction of sp³-hybridized carbons (Fsp3) is 0.500. The Hall–Kier alpha value is -2.81. The average Bonchev–Trinajstić information content (AvgIpc) is 3.03. The molecule has 180 valence electrons. The molecule has 0 unspecified atom stereocenters. The highest BCUT2D eigenvalue weighted by molar-refractivity contribution is 6.00. The van der Waals surface area contributed by atoms with E-state index in [2.05, 4.69) is 15.2 Å². The van der Waals surface area contributed by atoms with Gasteiger partial charge in [0.15, 0.2) is 0 Å². The molecule has 1 aliphatic rings. The molecule has 1 aromatic carbocycles. The maximum Gasteiger partial charge on any atom is 0.416 e. The first kappa shape index (κ1) is 24.8. The van der Waals surface area contributed by atoms with Crippen LogP contribution in [0.5, 0.6) is 0 Å². The number of benzene rings is 1. The minimum Gasteiger partial charge on any atom is -0.459 e. The van der Waals surface area contributed by atoms with Crippen LogP contribution in [0.2, 0.25) is 0 Å². The number of amides is 1. The predicted octanol–water partition coefficient (Wildman–Crippen LogP) is 4.61. The molecule has 1 aliphatic heterocycles. The zero-order chi connectivity index (χ0) is 24.3. The molecule has 1 saturated heterocycles. The summed E-state index contributed by atoms with van der Waals surface area (Å²) < 4.78 is 44.1. The molecule has 0 atom stereocenters. The van der Waals surface area contributed by atoms with E-state index in [4.69, 9.17) is 4.74 Å². The molecule has 1 fully saturated rings. The van der Waals surface area contributed by atoms with E-state index in [9.17, 15) is 22.8 Å². The van der Waals surface area contributed by atoms with Crippen LogP contribution in [0, 0.1) is 13.8 Å². The van der Waals surface area contributed by atoms with Crippen LogP contribution in [0.1, 0.15) is 69.9 Å². The third-order valence-corrected chi connectivity index (χ3v) is 5.79. The predicted molar refractivity (Wildman–Crippen MR) is 118 cm³/mol. The number of carbonyl (C=O) groups excluding carboxylic acids is 2. The zero-order valence-electron chi connectivity index (χ0n) is 19.3. The number of aryl methyl sites for hydroxylation is 1. The van der Waals surface area contributed by atoms with Gasteiger partial charge in [-0.2, -0.15) is 13.2 Å². The largest absolute Gasteiger partial charge is 0.459 e. The molecule has 3 rings (SSSR count). The molecule has 33 heavy (non-hydrogen) atoms. The quantitative estimate of drug-likeness (QED) is 0.611. The molecular weight excluding hydrogens is 435 g/mol. The molecule has 0 radical (unpaired) electrons. The third-order valence-electron chi connectivity index (χ3n) is 5.79. The topological polar surface area (TPSA) is 74.4 Å². The fourth-order valence-corrected chi connectivity index (χ4v) is 4.15. The van der Waals surface area contributed by atoms with Crippen LogP contribution in [0.4, 0.5) is 13.2 Å². The normalized spacial score (nSPS) is 15.6. The van der Waals surface area contributed by atoms with Crippen LogP contribution in [-0.4, -0.2) is 47.0 Å². The highest BCUT2D eigenvalue weighted by Gasteiger charge is 2.31. The number of nitrogens with zero attached hydrogens (tertiary/aromatic N) is 1. The number of esters is 1. The summed E-state index contributed by atoms with van der Waals surface area (Å²) in [4.78, 5) is 30.3. The minimum absolute atomic E-state index is 0.0515. The molecule has 2 aromatic rings. The third kappa shape index (κ3) is 6.16. The van der Waals surface area contributed by atoms with Crippen molar-refractivity contribution in [2.75, 3.05) is 13.1 Å². The molecule has 2 N–H and O–H groups in total. The number of likely N-dealkylation sites (tertiary alicyclic amines) is 1. The van der Waals surface area contributed by atoms with Crippen LogP contribution < -0.4 is 5.32 Å². The second kappa shape index (κ2) is 9.99. The van der Waals surface area contributed by atoms with E-state index in [0.29, 0.717) is 60.6 Å². The zero-order valence-corrected chi connectivity index (χ0v) is 19.3. The lowest BCUT2D eigenvalue weighted by Crippen LogP contribution is -2.44. The Balaban J connectivity index is 1.56. The van der Waals surface area contributed by atoms with Crippen molar-refractivity contribution in [3.63, 3.8) is 0 Å². The van der Waals surface area contributed by atoms with E-state index >= 15 is 0 Å². The maximum absolute atomic E-state index is 12.9. The fourth-order valence-electron chi connectivity index (χ4n) is 4.15. The SMILES string of the molecule is Cc1[nH]c(C(=O)NC2CCN(Cc3cccc(C(F)(F)F)c3)CC2)c(C)c1C(=O)OC(C)C. The number of aromatic amines is 1. The Morgan fingerprint density at radius 3 is 2.48 bits per heavy atom. The van der Waals surface area contributed by atoms with Gasteiger partial charge in [-0.1, -0.05) is 18.2 Å². The van der Waals surface area contributed by atoms with Gasteiger partial charge in [-0.15, -0.1) is 0 Å². The van der Waals surface area contributed by atoms with Gasteiger partial charge in [-0.05, 0) is 57.7 Å². The molecule has 0 spiro atoms. The van der Waals surface area contributed by atoms with Gasteiger partial charge < -0.3 is 15.0 Å². The lowest BCUT2D eigenvalue weighted by atomic mass is 10.0. The van der Waals surface area contributed by atoms with Crippen molar-refractivity contribution in [1.82, 2.24) is 15.2 Å². The number of rotatable bonds is 6. The number of hydrogen-bond donors (Lipinski definition) is 2. The summed E-state index contributed by atoms with van der Waals surface area (Å²) in [7, 11) is 0. The van der Waals surface area contributed by atoms with Gasteiger partial charge in [0.25, 0.3) is 5.91 Å². The summed E-state index contributed by atoms with van der Waals surface area (Å²) in [6, 6.07) is 5.33.